The molecule has 0 radical (unpaired) electrons. The van der Waals surface area contributed by atoms with Gasteiger partial charge in [-0.1, -0.05) is 5.21 Å². The summed E-state index contributed by atoms with van der Waals surface area (Å²) in [6.45, 7) is 0. The highest BCUT2D eigenvalue weighted by Crippen LogP contribution is 2.07. The van der Waals surface area contributed by atoms with E-state index in [1.807, 2.05) is 5.38 Å². The van der Waals surface area contributed by atoms with Gasteiger partial charge in [-0.15, -0.1) is 16.4 Å². The molecule has 72 valence electrons. The van der Waals surface area contributed by atoms with Gasteiger partial charge in [0.05, 0.1) is 12.6 Å². The van der Waals surface area contributed by atoms with Crippen LogP contribution < -0.4 is 0 Å². The van der Waals surface area contributed by atoms with Crippen molar-refractivity contribution in [3.05, 3.63) is 28.5 Å². The van der Waals surface area contributed by atoms with Crippen LogP contribution in [0.4, 0.5) is 0 Å². The predicted octanol–water partition coefficient (Wildman–Crippen LogP) is 0.697. The first-order valence-electron chi connectivity index (χ1n) is 4.03. The molecular weight excluding hydrogens is 200 g/mol. The van der Waals surface area contributed by atoms with Crippen molar-refractivity contribution in [1.29, 1.82) is 0 Å². The van der Waals surface area contributed by atoms with Crippen molar-refractivity contribution in [1.82, 2.24) is 20.0 Å². The Balaban J connectivity index is 2.10. The molecule has 2 heterocycles. The molecule has 0 unspecified atom stereocenters. The van der Waals surface area contributed by atoms with Crippen molar-refractivity contribution in [3.63, 3.8) is 0 Å². The molecule has 5 nitrogen and oxygen atoms in total. The van der Waals surface area contributed by atoms with Gasteiger partial charge in [0.2, 0.25) is 0 Å². The summed E-state index contributed by atoms with van der Waals surface area (Å²) in [7, 11) is 1.73. The van der Waals surface area contributed by atoms with Crippen molar-refractivity contribution in [3.8, 4) is 0 Å². The van der Waals surface area contributed by atoms with Crippen LogP contribution in [-0.4, -0.2) is 25.8 Å². The molecule has 0 atom stereocenters. The first-order valence-corrected chi connectivity index (χ1v) is 4.91. The molecule has 0 bridgehead atoms. The second-order valence-electron chi connectivity index (χ2n) is 2.80. The summed E-state index contributed by atoms with van der Waals surface area (Å²) < 4.78 is 1.51. The Bertz CT molecular complexity index is 434. The zero-order valence-corrected chi connectivity index (χ0v) is 8.36. The van der Waals surface area contributed by atoms with E-state index in [1.54, 1.807) is 19.4 Å². The van der Waals surface area contributed by atoms with E-state index in [4.69, 9.17) is 0 Å². The van der Waals surface area contributed by atoms with Crippen molar-refractivity contribution < 1.29 is 4.79 Å². The molecule has 0 aromatic carbocycles. The molecule has 2 aromatic rings. The average molecular weight is 208 g/mol. The largest absolute Gasteiger partial charge is 0.292 e. The molecule has 0 spiro atoms. The van der Waals surface area contributed by atoms with Crippen LogP contribution in [0.5, 0.6) is 0 Å². The standard InChI is InChI=1S/C8H8N4OS/c1-12-5-6(10-11-12)7(13)4-8-9-2-3-14-8/h2-3,5H,4H2,1H3. The number of carbonyl (C=O) groups is 1. The van der Waals surface area contributed by atoms with E-state index in [0.29, 0.717) is 12.1 Å². The van der Waals surface area contributed by atoms with Crippen LogP contribution in [0.15, 0.2) is 17.8 Å². The Labute approximate surface area is 84.4 Å². The Kier molecular flexibility index (Phi) is 2.36. The van der Waals surface area contributed by atoms with Gasteiger partial charge in [-0.2, -0.15) is 0 Å². The molecule has 0 aliphatic rings. The molecule has 2 rings (SSSR count). The molecule has 0 fully saturated rings. The number of thiazole rings is 1. The maximum atomic E-state index is 11.6. The lowest BCUT2D eigenvalue weighted by Crippen LogP contribution is -2.03. The van der Waals surface area contributed by atoms with Gasteiger partial charge in [-0.05, 0) is 0 Å². The SMILES string of the molecule is Cn1cc(C(=O)Cc2nccs2)nn1. The summed E-state index contributed by atoms with van der Waals surface area (Å²) >= 11 is 1.47. The molecule has 0 saturated heterocycles. The van der Waals surface area contributed by atoms with Crippen molar-refractivity contribution >= 4 is 17.1 Å². The predicted molar refractivity (Wildman–Crippen MR) is 51.2 cm³/mol. The number of hydrogen-bond donors (Lipinski definition) is 0. The fraction of sp³-hybridized carbons (Fsp3) is 0.250. The Morgan fingerprint density at radius 1 is 1.64 bits per heavy atom. The molecule has 0 N–H and O–H groups in total. The van der Waals surface area contributed by atoms with Crippen LogP contribution >= 0.6 is 11.3 Å². The number of hydrogen-bond acceptors (Lipinski definition) is 5. The zero-order valence-electron chi connectivity index (χ0n) is 7.54. The minimum atomic E-state index is -0.0481. The fourth-order valence-corrected chi connectivity index (χ4v) is 1.66. The normalized spacial score (nSPS) is 10.4. The lowest BCUT2D eigenvalue weighted by atomic mass is 10.2. The van der Waals surface area contributed by atoms with E-state index in [1.165, 1.54) is 16.0 Å². The van der Waals surface area contributed by atoms with Crippen LogP contribution in [0.2, 0.25) is 0 Å². The molecule has 0 aliphatic heterocycles. The second kappa shape index (κ2) is 3.67. The van der Waals surface area contributed by atoms with E-state index < -0.39 is 0 Å². The van der Waals surface area contributed by atoms with Gasteiger partial charge in [0, 0.05) is 18.6 Å². The van der Waals surface area contributed by atoms with Gasteiger partial charge < -0.3 is 0 Å². The lowest BCUT2D eigenvalue weighted by Gasteiger charge is -1.90. The Morgan fingerprint density at radius 3 is 3.07 bits per heavy atom. The number of nitrogens with zero attached hydrogens (tertiary/aromatic N) is 4. The summed E-state index contributed by atoms with van der Waals surface area (Å²) in [6.07, 6.45) is 3.59. The van der Waals surface area contributed by atoms with Crippen molar-refractivity contribution in [2.45, 2.75) is 6.42 Å². The Hall–Kier alpha value is -1.56. The molecule has 0 saturated carbocycles. The van der Waals surface area contributed by atoms with E-state index >= 15 is 0 Å². The van der Waals surface area contributed by atoms with Gasteiger partial charge in [0.25, 0.3) is 0 Å². The second-order valence-corrected chi connectivity index (χ2v) is 3.78. The number of carbonyl (C=O) groups excluding carboxylic acids is 1. The topological polar surface area (TPSA) is 60.7 Å². The van der Waals surface area contributed by atoms with Crippen molar-refractivity contribution in [2.24, 2.45) is 7.05 Å². The monoisotopic (exact) mass is 208 g/mol. The number of aromatic nitrogens is 4. The minimum Gasteiger partial charge on any atom is -0.292 e. The van der Waals surface area contributed by atoms with Crippen LogP contribution in [-0.2, 0) is 13.5 Å². The van der Waals surface area contributed by atoms with Crippen molar-refractivity contribution in [2.75, 3.05) is 0 Å². The van der Waals surface area contributed by atoms with Gasteiger partial charge in [-0.25, -0.2) is 4.98 Å². The zero-order chi connectivity index (χ0) is 9.97. The maximum absolute atomic E-state index is 11.6. The quantitative estimate of drug-likeness (QED) is 0.696. The molecular formula is C8H8N4OS. The van der Waals surface area contributed by atoms with E-state index in [9.17, 15) is 4.79 Å². The fourth-order valence-electron chi connectivity index (χ4n) is 1.04. The van der Waals surface area contributed by atoms with Crippen LogP contribution in [0.3, 0.4) is 0 Å². The van der Waals surface area contributed by atoms with Crippen LogP contribution in [0.25, 0.3) is 0 Å². The average Bonchev–Trinajstić information content (AvgIpc) is 2.75. The smallest absolute Gasteiger partial charge is 0.191 e. The summed E-state index contributed by atoms with van der Waals surface area (Å²) in [6, 6.07) is 0. The highest BCUT2D eigenvalue weighted by molar-refractivity contribution is 7.09. The first-order chi connectivity index (χ1) is 6.75. The van der Waals surface area contributed by atoms with E-state index in [0.717, 1.165) is 5.01 Å². The third-order valence-electron chi connectivity index (χ3n) is 1.68. The molecule has 6 heteroatoms. The van der Waals surface area contributed by atoms with Gasteiger partial charge >= 0.3 is 0 Å². The van der Waals surface area contributed by atoms with E-state index in [2.05, 4.69) is 15.3 Å². The highest BCUT2D eigenvalue weighted by Gasteiger charge is 2.11. The lowest BCUT2D eigenvalue weighted by molar-refractivity contribution is 0.0988. The molecule has 14 heavy (non-hydrogen) atoms. The third kappa shape index (κ3) is 1.85. The van der Waals surface area contributed by atoms with Gasteiger partial charge in [0.1, 0.15) is 10.7 Å². The van der Waals surface area contributed by atoms with Gasteiger partial charge in [-0.3, -0.25) is 9.48 Å². The summed E-state index contributed by atoms with van der Waals surface area (Å²) in [4.78, 5) is 15.6. The first kappa shape index (κ1) is 9.01. The number of ketones is 1. The summed E-state index contributed by atoms with van der Waals surface area (Å²) in [5.41, 5.74) is 0.391. The van der Waals surface area contributed by atoms with Crippen LogP contribution in [0.1, 0.15) is 15.5 Å². The van der Waals surface area contributed by atoms with Crippen LogP contribution in [0, 0.1) is 0 Å². The molecule has 0 amide bonds. The third-order valence-corrected chi connectivity index (χ3v) is 2.46. The highest BCUT2D eigenvalue weighted by atomic mass is 32.1. The number of Topliss-reactive ketones (excluding diaryl/α,β-unsaturated/α-hetero) is 1. The number of rotatable bonds is 3. The Morgan fingerprint density at radius 2 is 2.50 bits per heavy atom. The molecule has 0 aliphatic carbocycles. The molecule has 2 aromatic heterocycles. The minimum absolute atomic E-state index is 0.0481. The summed E-state index contributed by atoms with van der Waals surface area (Å²) in [5.74, 6) is -0.0481. The summed E-state index contributed by atoms with van der Waals surface area (Å²) in [5, 5.41) is 10.1. The maximum Gasteiger partial charge on any atom is 0.191 e. The van der Waals surface area contributed by atoms with E-state index in [-0.39, 0.29) is 5.78 Å². The van der Waals surface area contributed by atoms with Gasteiger partial charge in [0.15, 0.2) is 5.78 Å². The number of aryl methyl sites for hydroxylation is 1.